The molecule has 0 rings (SSSR count). The summed E-state index contributed by atoms with van der Waals surface area (Å²) in [5.41, 5.74) is 0. The third kappa shape index (κ3) is 28.3. The number of rotatable bonds is 27. The average Bonchev–Trinajstić information content (AvgIpc) is 2.90. The van der Waals surface area contributed by atoms with E-state index in [1.165, 1.54) is 90.5 Å². The normalized spacial score (nSPS) is 12.6. The molecular formula is C30H63N4O6S+. The number of nitrogens with one attached hydrogen (secondary N) is 3. The van der Waals surface area contributed by atoms with E-state index in [9.17, 15) is 18.0 Å². The summed E-state index contributed by atoms with van der Waals surface area (Å²) in [6, 6.07) is 0. The van der Waals surface area contributed by atoms with E-state index in [4.69, 9.17) is 9.47 Å². The lowest BCUT2D eigenvalue weighted by atomic mass is 10.0. The van der Waals surface area contributed by atoms with Crippen LogP contribution >= 0.6 is 0 Å². The van der Waals surface area contributed by atoms with Crippen molar-refractivity contribution in [3.8, 4) is 0 Å². The maximum absolute atomic E-state index is 12.3. The summed E-state index contributed by atoms with van der Waals surface area (Å²) in [6.07, 6.45) is 18.9. The van der Waals surface area contributed by atoms with Crippen molar-refractivity contribution in [1.29, 1.82) is 0 Å². The van der Waals surface area contributed by atoms with E-state index >= 15 is 0 Å². The van der Waals surface area contributed by atoms with Gasteiger partial charge in [-0.15, -0.1) is 0 Å². The molecule has 2 amide bonds. The topological polar surface area (TPSA) is 123 Å². The molecule has 0 fully saturated rings. The van der Waals surface area contributed by atoms with Gasteiger partial charge in [0.1, 0.15) is 6.61 Å². The van der Waals surface area contributed by atoms with Crippen LogP contribution in [0.1, 0.15) is 116 Å². The van der Waals surface area contributed by atoms with Crippen LogP contribution in [0, 0.1) is 0 Å². The highest BCUT2D eigenvalue weighted by Crippen LogP contribution is 2.13. The second kappa shape index (κ2) is 25.0. The van der Waals surface area contributed by atoms with Gasteiger partial charge in [0.2, 0.25) is 10.0 Å². The standard InChI is InChI=1S/C30H62N4O6S/c1-6-7-8-9-10-11-12-13-14-15-16-17-18-19-20-21-23-32-30(36)39-27-28(40-29(35)31-2)26-33-41(37,38)25-22-24-34(3,4)5/h28,33H,6-27H2,1-5H3,(H-,31,32,35,36)/p+1. The second-order valence-corrected chi connectivity index (χ2v) is 14.1. The van der Waals surface area contributed by atoms with E-state index in [0.29, 0.717) is 24.0 Å². The van der Waals surface area contributed by atoms with Crippen molar-refractivity contribution < 1.29 is 32.0 Å². The lowest BCUT2D eigenvalue weighted by Gasteiger charge is -2.23. The van der Waals surface area contributed by atoms with Gasteiger partial charge in [-0.05, 0) is 6.42 Å². The van der Waals surface area contributed by atoms with Gasteiger partial charge in [0.25, 0.3) is 0 Å². The maximum atomic E-state index is 12.3. The molecular weight excluding hydrogens is 544 g/mol. The molecule has 10 nitrogen and oxygen atoms in total. The molecule has 0 saturated carbocycles. The fourth-order valence-corrected chi connectivity index (χ4v) is 5.54. The van der Waals surface area contributed by atoms with Gasteiger partial charge >= 0.3 is 12.2 Å². The van der Waals surface area contributed by atoms with Crippen LogP contribution < -0.4 is 15.4 Å². The van der Waals surface area contributed by atoms with Gasteiger partial charge in [0.15, 0.2) is 6.10 Å². The number of carbonyl (C=O) groups is 2. The van der Waals surface area contributed by atoms with E-state index in [0.717, 1.165) is 19.3 Å². The first kappa shape index (κ1) is 39.4. The van der Waals surface area contributed by atoms with Crippen molar-refractivity contribution in [2.45, 2.75) is 122 Å². The van der Waals surface area contributed by atoms with Gasteiger partial charge in [0, 0.05) is 20.0 Å². The molecule has 0 aromatic heterocycles. The molecule has 0 aliphatic rings. The van der Waals surface area contributed by atoms with Crippen LogP contribution in [0.5, 0.6) is 0 Å². The predicted molar refractivity (Wildman–Crippen MR) is 168 cm³/mol. The predicted octanol–water partition coefficient (Wildman–Crippen LogP) is 5.71. The van der Waals surface area contributed by atoms with Crippen molar-refractivity contribution in [2.24, 2.45) is 0 Å². The van der Waals surface area contributed by atoms with E-state index in [1.54, 1.807) is 0 Å². The van der Waals surface area contributed by atoms with Crippen LogP contribution in [0.4, 0.5) is 9.59 Å². The Hall–Kier alpha value is -1.59. The number of ether oxygens (including phenoxy) is 2. The summed E-state index contributed by atoms with van der Waals surface area (Å²) in [5.74, 6) is -0.0319. The summed E-state index contributed by atoms with van der Waals surface area (Å²) in [6.45, 7) is 3.06. The van der Waals surface area contributed by atoms with Gasteiger partial charge < -0.3 is 24.6 Å². The minimum Gasteiger partial charge on any atom is -0.446 e. The zero-order valence-electron chi connectivity index (χ0n) is 26.9. The minimum atomic E-state index is -3.55. The lowest BCUT2D eigenvalue weighted by molar-refractivity contribution is -0.870. The van der Waals surface area contributed by atoms with E-state index in [1.807, 2.05) is 21.1 Å². The molecule has 0 aromatic rings. The molecule has 11 heteroatoms. The number of unbranched alkanes of at least 4 members (excludes halogenated alkanes) is 15. The SMILES string of the molecule is CCCCCCCCCCCCCCCCCCNC(=O)OCC(CNS(=O)(=O)CCC[N+](C)(C)C)OC(=O)NC. The largest absolute Gasteiger partial charge is 0.446 e. The Labute approximate surface area is 251 Å². The molecule has 0 bridgehead atoms. The molecule has 244 valence electrons. The summed E-state index contributed by atoms with van der Waals surface area (Å²) in [5, 5.41) is 5.03. The van der Waals surface area contributed by atoms with Crippen molar-refractivity contribution in [3.63, 3.8) is 0 Å². The maximum Gasteiger partial charge on any atom is 0.407 e. The van der Waals surface area contributed by atoms with Crippen LogP contribution in [0.15, 0.2) is 0 Å². The highest BCUT2D eigenvalue weighted by atomic mass is 32.2. The first-order valence-electron chi connectivity index (χ1n) is 16.1. The Morgan fingerprint density at radius 1 is 0.732 bits per heavy atom. The van der Waals surface area contributed by atoms with Crippen LogP contribution in [0.3, 0.4) is 0 Å². The third-order valence-electron chi connectivity index (χ3n) is 6.95. The summed E-state index contributed by atoms with van der Waals surface area (Å²) in [4.78, 5) is 23.7. The number of nitrogens with zero attached hydrogens (tertiary/aromatic N) is 1. The number of amides is 2. The number of sulfonamides is 1. The van der Waals surface area contributed by atoms with E-state index < -0.39 is 28.3 Å². The van der Waals surface area contributed by atoms with Crippen LogP contribution in [-0.2, 0) is 19.5 Å². The first-order chi connectivity index (χ1) is 19.5. The van der Waals surface area contributed by atoms with Crippen LogP contribution in [0.2, 0.25) is 0 Å². The lowest BCUT2D eigenvalue weighted by Crippen LogP contribution is -2.42. The molecule has 1 atom stereocenters. The van der Waals surface area contributed by atoms with Gasteiger partial charge in [0.05, 0.1) is 40.0 Å². The molecule has 0 spiro atoms. The van der Waals surface area contributed by atoms with Crippen molar-refractivity contribution in [3.05, 3.63) is 0 Å². The molecule has 0 radical (unpaired) electrons. The second-order valence-electron chi connectivity index (χ2n) is 12.1. The van der Waals surface area contributed by atoms with Gasteiger partial charge in [-0.25, -0.2) is 22.7 Å². The number of alkyl carbamates (subject to hydrolysis) is 2. The van der Waals surface area contributed by atoms with Crippen molar-refractivity contribution in [2.75, 3.05) is 60.2 Å². The molecule has 0 heterocycles. The molecule has 1 unspecified atom stereocenters. The summed E-state index contributed by atoms with van der Waals surface area (Å²) < 4.78 is 38.1. The number of hydrogen-bond donors (Lipinski definition) is 3. The number of carbonyl (C=O) groups excluding carboxylic acids is 2. The number of quaternary nitrogens is 1. The Bertz CT molecular complexity index is 759. The van der Waals surface area contributed by atoms with E-state index in [-0.39, 0.29) is 18.9 Å². The Balaban J connectivity index is 3.90. The molecule has 0 aromatic carbocycles. The fraction of sp³-hybridized carbons (Fsp3) is 0.933. The number of hydrogen-bond acceptors (Lipinski definition) is 6. The van der Waals surface area contributed by atoms with Gasteiger partial charge in [-0.3, -0.25) is 0 Å². The Morgan fingerprint density at radius 3 is 1.68 bits per heavy atom. The molecule has 3 N–H and O–H groups in total. The highest BCUT2D eigenvalue weighted by Gasteiger charge is 2.20. The van der Waals surface area contributed by atoms with Gasteiger partial charge in [-0.1, -0.05) is 103 Å². The monoisotopic (exact) mass is 607 g/mol. The summed E-state index contributed by atoms with van der Waals surface area (Å²) >= 11 is 0. The highest BCUT2D eigenvalue weighted by molar-refractivity contribution is 7.89. The zero-order valence-corrected chi connectivity index (χ0v) is 27.8. The quantitative estimate of drug-likeness (QED) is 0.0812. The van der Waals surface area contributed by atoms with Crippen LogP contribution in [0.25, 0.3) is 0 Å². The summed E-state index contributed by atoms with van der Waals surface area (Å²) in [7, 11) is 3.84. The molecule has 0 aliphatic heterocycles. The van der Waals surface area contributed by atoms with Gasteiger partial charge in [-0.2, -0.15) is 0 Å². The van der Waals surface area contributed by atoms with E-state index in [2.05, 4.69) is 22.3 Å². The third-order valence-corrected chi connectivity index (χ3v) is 8.38. The van der Waals surface area contributed by atoms with Crippen molar-refractivity contribution in [1.82, 2.24) is 15.4 Å². The minimum absolute atomic E-state index is 0.0319. The Morgan fingerprint density at radius 2 is 1.22 bits per heavy atom. The molecule has 0 saturated heterocycles. The molecule has 0 aliphatic carbocycles. The average molecular weight is 608 g/mol. The zero-order chi connectivity index (χ0) is 30.8. The van der Waals surface area contributed by atoms with Crippen LogP contribution in [-0.4, -0.2) is 91.4 Å². The fourth-order valence-electron chi connectivity index (χ4n) is 4.45. The first-order valence-corrected chi connectivity index (χ1v) is 17.7. The smallest absolute Gasteiger partial charge is 0.407 e. The van der Waals surface area contributed by atoms with Crippen molar-refractivity contribution >= 4 is 22.2 Å². The Kier molecular flexibility index (Phi) is 24.0. The molecule has 41 heavy (non-hydrogen) atoms.